The van der Waals surface area contributed by atoms with Crippen LogP contribution in [0.25, 0.3) is 0 Å². The number of aromatic nitrogens is 2. The van der Waals surface area contributed by atoms with Crippen LogP contribution in [-0.4, -0.2) is 46.1 Å². The van der Waals surface area contributed by atoms with Crippen molar-refractivity contribution in [1.82, 2.24) is 9.97 Å². The zero-order valence-electron chi connectivity index (χ0n) is 12.2. The fourth-order valence-corrected chi connectivity index (χ4v) is 2.00. The molecule has 2 aliphatic rings. The standard InChI is InChI=1S/C14H18N4O2/c1-13(2)7-19-11(17-13)9-5-15-6-10(16-9)12-18-14(3,4)8-20-12/h5-6H,7-8H2,1-4H3. The lowest BCUT2D eigenvalue weighted by Crippen LogP contribution is -2.17. The number of aliphatic imine (C=N–C) groups is 2. The molecule has 0 saturated heterocycles. The highest BCUT2D eigenvalue weighted by molar-refractivity contribution is 5.97. The maximum atomic E-state index is 5.58. The van der Waals surface area contributed by atoms with Crippen LogP contribution in [0.5, 0.6) is 0 Å². The third-order valence-electron chi connectivity index (χ3n) is 3.01. The maximum absolute atomic E-state index is 5.58. The fourth-order valence-electron chi connectivity index (χ4n) is 2.00. The van der Waals surface area contributed by atoms with E-state index in [9.17, 15) is 0 Å². The molecule has 0 unspecified atom stereocenters. The minimum absolute atomic E-state index is 0.212. The molecule has 0 radical (unpaired) electrons. The van der Waals surface area contributed by atoms with Gasteiger partial charge in [0.25, 0.3) is 0 Å². The molecule has 6 heteroatoms. The van der Waals surface area contributed by atoms with Crippen molar-refractivity contribution in [1.29, 1.82) is 0 Å². The summed E-state index contributed by atoms with van der Waals surface area (Å²) in [4.78, 5) is 17.7. The number of hydrogen-bond donors (Lipinski definition) is 0. The first-order chi connectivity index (χ1) is 9.35. The first-order valence-corrected chi connectivity index (χ1v) is 6.63. The first kappa shape index (κ1) is 13.0. The fraction of sp³-hybridized carbons (Fsp3) is 0.571. The molecular weight excluding hydrogens is 256 g/mol. The second-order valence-corrected chi connectivity index (χ2v) is 6.33. The SMILES string of the molecule is CC1(C)COC(c2cncc(C3=NC(C)(C)CO3)n2)=N1. The Morgan fingerprint density at radius 1 is 0.850 bits per heavy atom. The molecule has 1 aromatic rings. The molecule has 20 heavy (non-hydrogen) atoms. The van der Waals surface area contributed by atoms with Crippen LogP contribution in [0.4, 0.5) is 0 Å². The van der Waals surface area contributed by atoms with Gasteiger partial charge in [0.2, 0.25) is 11.8 Å². The minimum Gasteiger partial charge on any atom is -0.474 e. The van der Waals surface area contributed by atoms with Gasteiger partial charge in [-0.15, -0.1) is 0 Å². The predicted molar refractivity (Wildman–Crippen MR) is 75.2 cm³/mol. The van der Waals surface area contributed by atoms with E-state index in [2.05, 4.69) is 20.0 Å². The quantitative estimate of drug-likeness (QED) is 0.821. The van der Waals surface area contributed by atoms with E-state index in [4.69, 9.17) is 9.47 Å². The van der Waals surface area contributed by atoms with Gasteiger partial charge in [0.05, 0.1) is 23.5 Å². The first-order valence-electron chi connectivity index (χ1n) is 6.63. The number of nitrogens with zero attached hydrogens (tertiary/aromatic N) is 4. The Hall–Kier alpha value is -1.98. The molecule has 0 N–H and O–H groups in total. The van der Waals surface area contributed by atoms with Crippen molar-refractivity contribution in [3.8, 4) is 0 Å². The summed E-state index contributed by atoms with van der Waals surface area (Å²) in [6.07, 6.45) is 3.29. The van der Waals surface area contributed by atoms with Gasteiger partial charge in [0.15, 0.2) is 0 Å². The second-order valence-electron chi connectivity index (χ2n) is 6.33. The van der Waals surface area contributed by atoms with Gasteiger partial charge in [-0.05, 0) is 27.7 Å². The highest BCUT2D eigenvalue weighted by Gasteiger charge is 2.30. The molecule has 0 atom stereocenters. The van der Waals surface area contributed by atoms with E-state index in [1.54, 1.807) is 12.4 Å². The molecule has 0 bridgehead atoms. The maximum Gasteiger partial charge on any atom is 0.237 e. The van der Waals surface area contributed by atoms with E-state index in [1.807, 2.05) is 27.7 Å². The highest BCUT2D eigenvalue weighted by Crippen LogP contribution is 2.21. The smallest absolute Gasteiger partial charge is 0.237 e. The van der Waals surface area contributed by atoms with Crippen molar-refractivity contribution < 1.29 is 9.47 Å². The average Bonchev–Trinajstić information content (AvgIpc) is 2.92. The zero-order valence-corrected chi connectivity index (χ0v) is 12.2. The van der Waals surface area contributed by atoms with Crippen LogP contribution in [0.2, 0.25) is 0 Å². The summed E-state index contributed by atoms with van der Waals surface area (Å²) < 4.78 is 11.2. The van der Waals surface area contributed by atoms with E-state index in [0.29, 0.717) is 36.4 Å². The largest absolute Gasteiger partial charge is 0.474 e. The van der Waals surface area contributed by atoms with E-state index in [0.717, 1.165) is 0 Å². The van der Waals surface area contributed by atoms with E-state index >= 15 is 0 Å². The minimum atomic E-state index is -0.212. The van der Waals surface area contributed by atoms with Gasteiger partial charge >= 0.3 is 0 Å². The predicted octanol–water partition coefficient (Wildman–Crippen LogP) is 1.59. The summed E-state index contributed by atoms with van der Waals surface area (Å²) in [5.74, 6) is 1.06. The van der Waals surface area contributed by atoms with Gasteiger partial charge in [-0.2, -0.15) is 0 Å². The Morgan fingerprint density at radius 3 is 1.65 bits per heavy atom. The molecule has 106 valence electrons. The van der Waals surface area contributed by atoms with Crippen LogP contribution < -0.4 is 0 Å². The summed E-state index contributed by atoms with van der Waals surface area (Å²) >= 11 is 0. The molecule has 1 aromatic heterocycles. The highest BCUT2D eigenvalue weighted by atomic mass is 16.5. The van der Waals surface area contributed by atoms with Crippen LogP contribution in [0.1, 0.15) is 39.1 Å². The molecule has 3 heterocycles. The van der Waals surface area contributed by atoms with Gasteiger partial charge in [-0.3, -0.25) is 4.98 Å². The zero-order chi connectivity index (χ0) is 14.4. The monoisotopic (exact) mass is 274 g/mol. The molecule has 0 amide bonds. The number of hydrogen-bond acceptors (Lipinski definition) is 6. The van der Waals surface area contributed by atoms with Crippen molar-refractivity contribution in [3.05, 3.63) is 23.8 Å². The summed E-state index contributed by atoms with van der Waals surface area (Å²) in [7, 11) is 0. The topological polar surface area (TPSA) is 69.0 Å². The Bertz CT molecular complexity index is 556. The van der Waals surface area contributed by atoms with Crippen LogP contribution in [0, 0.1) is 0 Å². The molecule has 2 aliphatic heterocycles. The summed E-state index contributed by atoms with van der Waals surface area (Å²) in [6.45, 7) is 9.18. The lowest BCUT2D eigenvalue weighted by atomic mass is 10.1. The van der Waals surface area contributed by atoms with Crippen LogP contribution in [0.3, 0.4) is 0 Å². The summed E-state index contributed by atoms with van der Waals surface area (Å²) in [5, 5.41) is 0. The van der Waals surface area contributed by atoms with Crippen molar-refractivity contribution in [2.75, 3.05) is 13.2 Å². The summed E-state index contributed by atoms with van der Waals surface area (Å²) in [5.41, 5.74) is 0.806. The molecule has 0 spiro atoms. The van der Waals surface area contributed by atoms with Crippen molar-refractivity contribution >= 4 is 11.8 Å². The Balaban J connectivity index is 1.92. The Labute approximate surface area is 118 Å². The molecule has 0 aliphatic carbocycles. The van der Waals surface area contributed by atoms with E-state index in [-0.39, 0.29) is 11.1 Å². The van der Waals surface area contributed by atoms with Crippen molar-refractivity contribution in [2.45, 2.75) is 38.8 Å². The third-order valence-corrected chi connectivity index (χ3v) is 3.01. The molecule has 3 rings (SSSR count). The van der Waals surface area contributed by atoms with Crippen molar-refractivity contribution in [3.63, 3.8) is 0 Å². The van der Waals surface area contributed by atoms with E-state index in [1.165, 1.54) is 0 Å². The van der Waals surface area contributed by atoms with Crippen LogP contribution in [-0.2, 0) is 9.47 Å². The molecule has 6 nitrogen and oxygen atoms in total. The molecular formula is C14H18N4O2. The van der Waals surface area contributed by atoms with Crippen molar-refractivity contribution in [2.24, 2.45) is 9.98 Å². The molecule has 0 fully saturated rings. The molecule has 0 saturated carbocycles. The summed E-state index contributed by atoms with van der Waals surface area (Å²) in [6, 6.07) is 0. The van der Waals surface area contributed by atoms with Gasteiger partial charge < -0.3 is 9.47 Å². The lowest BCUT2D eigenvalue weighted by molar-refractivity contribution is 0.277. The van der Waals surface area contributed by atoms with Gasteiger partial charge in [0.1, 0.15) is 24.6 Å². The Morgan fingerprint density at radius 2 is 1.30 bits per heavy atom. The lowest BCUT2D eigenvalue weighted by Gasteiger charge is -2.07. The van der Waals surface area contributed by atoms with Gasteiger partial charge in [-0.1, -0.05) is 0 Å². The second kappa shape index (κ2) is 4.26. The average molecular weight is 274 g/mol. The third kappa shape index (κ3) is 2.50. The molecule has 0 aromatic carbocycles. The van der Waals surface area contributed by atoms with Crippen LogP contribution in [0.15, 0.2) is 22.4 Å². The number of ether oxygens (including phenoxy) is 2. The number of rotatable bonds is 2. The Kier molecular flexibility index (Phi) is 2.77. The van der Waals surface area contributed by atoms with Crippen LogP contribution >= 0.6 is 0 Å². The van der Waals surface area contributed by atoms with Gasteiger partial charge in [-0.25, -0.2) is 15.0 Å². The van der Waals surface area contributed by atoms with Gasteiger partial charge in [0, 0.05) is 0 Å². The normalized spacial score (nSPS) is 22.8. The van der Waals surface area contributed by atoms with E-state index < -0.39 is 0 Å².